The van der Waals surface area contributed by atoms with E-state index in [9.17, 15) is 9.18 Å². The molecule has 1 atom stereocenters. The highest BCUT2D eigenvalue weighted by Gasteiger charge is 2.34. The van der Waals surface area contributed by atoms with E-state index >= 15 is 0 Å². The van der Waals surface area contributed by atoms with Crippen molar-refractivity contribution < 1.29 is 19.4 Å². The second kappa shape index (κ2) is 5.05. The highest BCUT2D eigenvalue weighted by atomic mass is 19.1. The summed E-state index contributed by atoms with van der Waals surface area (Å²) in [7, 11) is 0. The Bertz CT molecular complexity index is 366. The molecule has 0 aliphatic heterocycles. The van der Waals surface area contributed by atoms with E-state index in [4.69, 9.17) is 10.2 Å². The van der Waals surface area contributed by atoms with Gasteiger partial charge in [0, 0.05) is 6.54 Å². The van der Waals surface area contributed by atoms with Crippen LogP contribution in [0.5, 0.6) is 0 Å². The zero-order valence-electron chi connectivity index (χ0n) is 8.90. The number of carboxylic acids is 1. The molecule has 0 aliphatic rings. The van der Waals surface area contributed by atoms with Crippen molar-refractivity contribution in [3.05, 3.63) is 35.6 Å². The van der Waals surface area contributed by atoms with Crippen molar-refractivity contribution in [1.29, 1.82) is 0 Å². The molecular weight excluding hydrogens is 213 g/mol. The van der Waals surface area contributed by atoms with Gasteiger partial charge in [0.15, 0.2) is 0 Å². The number of hydrogen-bond acceptors (Lipinski definition) is 3. The maximum absolute atomic E-state index is 12.7. The zero-order valence-corrected chi connectivity index (χ0v) is 8.90. The Labute approximate surface area is 92.7 Å². The van der Waals surface area contributed by atoms with Crippen molar-refractivity contribution in [2.75, 3.05) is 13.2 Å². The van der Waals surface area contributed by atoms with Crippen molar-refractivity contribution in [2.45, 2.75) is 12.5 Å². The van der Waals surface area contributed by atoms with Gasteiger partial charge in [0.2, 0.25) is 0 Å². The van der Waals surface area contributed by atoms with E-state index in [1.165, 1.54) is 31.2 Å². The first-order chi connectivity index (χ1) is 7.50. The van der Waals surface area contributed by atoms with E-state index in [2.05, 4.69) is 5.32 Å². The average Bonchev–Trinajstić information content (AvgIpc) is 2.26. The Balaban J connectivity index is 3.01. The molecule has 1 rings (SSSR count). The standard InChI is InChI=1S/C11H14FNO3/c1-11(10(15)16,13-6-7-14)8-2-4-9(12)5-3-8/h2-5,13-14H,6-7H2,1H3,(H,15,16). The minimum atomic E-state index is -1.32. The first-order valence-electron chi connectivity index (χ1n) is 4.86. The molecular formula is C11H14FNO3. The Morgan fingerprint density at radius 1 is 1.44 bits per heavy atom. The van der Waals surface area contributed by atoms with Gasteiger partial charge in [-0.3, -0.25) is 5.32 Å². The van der Waals surface area contributed by atoms with Crippen LogP contribution in [0.15, 0.2) is 24.3 Å². The summed E-state index contributed by atoms with van der Waals surface area (Å²) >= 11 is 0. The molecule has 1 aromatic carbocycles. The van der Waals surface area contributed by atoms with Crippen LogP contribution in [0.25, 0.3) is 0 Å². The zero-order chi connectivity index (χ0) is 12.2. The van der Waals surface area contributed by atoms with Crippen LogP contribution in [0.4, 0.5) is 4.39 Å². The Morgan fingerprint density at radius 2 is 2.00 bits per heavy atom. The van der Waals surface area contributed by atoms with Gasteiger partial charge in [-0.05, 0) is 24.6 Å². The van der Waals surface area contributed by atoms with Crippen LogP contribution in [-0.4, -0.2) is 29.3 Å². The van der Waals surface area contributed by atoms with E-state index in [-0.39, 0.29) is 13.2 Å². The normalized spacial score (nSPS) is 14.4. The maximum atomic E-state index is 12.7. The van der Waals surface area contributed by atoms with Crippen molar-refractivity contribution in [3.63, 3.8) is 0 Å². The van der Waals surface area contributed by atoms with E-state index in [0.29, 0.717) is 5.56 Å². The first-order valence-corrected chi connectivity index (χ1v) is 4.86. The van der Waals surface area contributed by atoms with Crippen LogP contribution in [0.2, 0.25) is 0 Å². The van der Waals surface area contributed by atoms with Gasteiger partial charge < -0.3 is 10.2 Å². The molecule has 0 saturated heterocycles. The SMILES string of the molecule is CC(NCCO)(C(=O)O)c1ccc(F)cc1. The van der Waals surface area contributed by atoms with Crippen LogP contribution in [-0.2, 0) is 10.3 Å². The lowest BCUT2D eigenvalue weighted by molar-refractivity contribution is -0.144. The molecule has 0 saturated carbocycles. The van der Waals surface area contributed by atoms with E-state index in [1.807, 2.05) is 0 Å². The number of rotatable bonds is 5. The van der Waals surface area contributed by atoms with Crippen molar-refractivity contribution in [1.82, 2.24) is 5.32 Å². The highest BCUT2D eigenvalue weighted by molar-refractivity contribution is 5.80. The summed E-state index contributed by atoms with van der Waals surface area (Å²) in [5, 5.41) is 20.5. The monoisotopic (exact) mass is 227 g/mol. The summed E-state index contributed by atoms with van der Waals surface area (Å²) in [6.45, 7) is 1.46. The molecule has 88 valence electrons. The number of aliphatic hydroxyl groups is 1. The lowest BCUT2D eigenvalue weighted by Crippen LogP contribution is -2.47. The number of halogens is 1. The summed E-state index contributed by atoms with van der Waals surface area (Å²) in [5.74, 6) is -1.49. The Hall–Kier alpha value is -1.46. The van der Waals surface area contributed by atoms with Gasteiger partial charge in [-0.1, -0.05) is 12.1 Å². The average molecular weight is 227 g/mol. The number of carbonyl (C=O) groups is 1. The van der Waals surface area contributed by atoms with E-state index < -0.39 is 17.3 Å². The topological polar surface area (TPSA) is 69.6 Å². The smallest absolute Gasteiger partial charge is 0.328 e. The molecule has 0 bridgehead atoms. The third-order valence-electron chi connectivity index (χ3n) is 2.44. The molecule has 0 spiro atoms. The fourth-order valence-corrected chi connectivity index (χ4v) is 1.39. The predicted octanol–water partition coefficient (Wildman–Crippen LogP) is 0.707. The first kappa shape index (κ1) is 12.6. The third-order valence-corrected chi connectivity index (χ3v) is 2.44. The molecule has 5 heteroatoms. The van der Waals surface area contributed by atoms with Crippen molar-refractivity contribution >= 4 is 5.97 Å². The predicted molar refractivity (Wildman–Crippen MR) is 56.5 cm³/mol. The summed E-state index contributed by atoms with van der Waals surface area (Å²) < 4.78 is 12.7. The van der Waals surface area contributed by atoms with Crippen LogP contribution >= 0.6 is 0 Å². The van der Waals surface area contributed by atoms with Crippen LogP contribution in [0, 0.1) is 5.82 Å². The molecule has 0 fully saturated rings. The molecule has 0 radical (unpaired) electrons. The molecule has 0 aromatic heterocycles. The molecule has 1 unspecified atom stereocenters. The van der Waals surface area contributed by atoms with Gasteiger partial charge in [0.05, 0.1) is 6.61 Å². The van der Waals surface area contributed by atoms with Gasteiger partial charge in [-0.2, -0.15) is 0 Å². The van der Waals surface area contributed by atoms with Crippen LogP contribution < -0.4 is 5.32 Å². The summed E-state index contributed by atoms with van der Waals surface area (Å²) in [4.78, 5) is 11.2. The van der Waals surface area contributed by atoms with Gasteiger partial charge in [-0.25, -0.2) is 9.18 Å². The summed E-state index contributed by atoms with van der Waals surface area (Å²) in [6, 6.07) is 5.23. The molecule has 0 amide bonds. The lowest BCUT2D eigenvalue weighted by Gasteiger charge is -2.26. The molecule has 1 aromatic rings. The Morgan fingerprint density at radius 3 is 2.44 bits per heavy atom. The number of aliphatic carboxylic acids is 1. The number of hydrogen-bond donors (Lipinski definition) is 3. The second-order valence-corrected chi connectivity index (χ2v) is 3.59. The van der Waals surface area contributed by atoms with Gasteiger partial charge >= 0.3 is 5.97 Å². The van der Waals surface area contributed by atoms with Crippen molar-refractivity contribution in [3.8, 4) is 0 Å². The second-order valence-electron chi connectivity index (χ2n) is 3.59. The van der Waals surface area contributed by atoms with Gasteiger partial charge in [-0.15, -0.1) is 0 Å². The quantitative estimate of drug-likeness (QED) is 0.692. The number of benzene rings is 1. The summed E-state index contributed by atoms with van der Waals surface area (Å²) in [5.41, 5.74) is -0.883. The lowest BCUT2D eigenvalue weighted by atomic mass is 9.92. The molecule has 16 heavy (non-hydrogen) atoms. The van der Waals surface area contributed by atoms with Gasteiger partial charge in [0.1, 0.15) is 11.4 Å². The highest BCUT2D eigenvalue weighted by Crippen LogP contribution is 2.21. The fourth-order valence-electron chi connectivity index (χ4n) is 1.39. The largest absolute Gasteiger partial charge is 0.480 e. The minimum absolute atomic E-state index is 0.153. The van der Waals surface area contributed by atoms with E-state index in [1.54, 1.807) is 0 Å². The molecule has 3 N–H and O–H groups in total. The minimum Gasteiger partial charge on any atom is -0.480 e. The Kier molecular flexibility index (Phi) is 3.98. The number of nitrogens with one attached hydrogen (secondary N) is 1. The fraction of sp³-hybridized carbons (Fsp3) is 0.364. The van der Waals surface area contributed by atoms with Crippen molar-refractivity contribution in [2.24, 2.45) is 0 Å². The summed E-state index contributed by atoms with van der Waals surface area (Å²) in [6.07, 6.45) is 0. The molecule has 0 heterocycles. The number of carboxylic acid groups (broad SMARTS) is 1. The maximum Gasteiger partial charge on any atom is 0.328 e. The van der Waals surface area contributed by atoms with Crippen LogP contribution in [0.3, 0.4) is 0 Å². The number of aliphatic hydroxyl groups excluding tert-OH is 1. The third kappa shape index (κ3) is 2.56. The van der Waals surface area contributed by atoms with E-state index in [0.717, 1.165) is 0 Å². The van der Waals surface area contributed by atoms with Crippen LogP contribution in [0.1, 0.15) is 12.5 Å². The molecule has 0 aliphatic carbocycles. The molecule has 4 nitrogen and oxygen atoms in total. The van der Waals surface area contributed by atoms with Gasteiger partial charge in [0.25, 0.3) is 0 Å².